The minimum atomic E-state index is -0.469. The Bertz CT molecular complexity index is 413. The molecule has 1 N–H and O–H groups in total. The van der Waals surface area contributed by atoms with Crippen LogP contribution in [-0.4, -0.2) is 16.5 Å². The Labute approximate surface area is 118 Å². The van der Waals surface area contributed by atoms with Gasteiger partial charge >= 0.3 is 0 Å². The second kappa shape index (κ2) is 8.69. The van der Waals surface area contributed by atoms with E-state index >= 15 is 0 Å². The highest BCUT2D eigenvalue weighted by molar-refractivity contribution is 6.29. The third-order valence-corrected chi connectivity index (χ3v) is 3.02. The normalized spacial score (nSPS) is 10.4. The average Bonchev–Trinajstić information content (AvgIpc) is 2.37. The number of nitrogens with zero attached hydrogens (tertiary/aromatic N) is 2. The van der Waals surface area contributed by atoms with Gasteiger partial charge in [-0.1, -0.05) is 50.6 Å². The maximum atomic E-state index is 10.7. The van der Waals surface area contributed by atoms with Gasteiger partial charge in [-0.15, -0.1) is 0 Å². The van der Waals surface area contributed by atoms with E-state index in [9.17, 15) is 10.1 Å². The molecule has 0 saturated heterocycles. The van der Waals surface area contributed by atoms with E-state index in [2.05, 4.69) is 17.2 Å². The zero-order valence-electron chi connectivity index (χ0n) is 11.2. The van der Waals surface area contributed by atoms with E-state index in [0.717, 1.165) is 19.4 Å². The molecule has 0 aromatic carbocycles. The maximum absolute atomic E-state index is 10.7. The Balaban J connectivity index is 2.31. The number of unbranched alkanes of at least 4 members (excludes halogenated alkanes) is 5. The molecule has 6 heteroatoms. The first kappa shape index (κ1) is 15.7. The summed E-state index contributed by atoms with van der Waals surface area (Å²) >= 11 is 5.74. The van der Waals surface area contributed by atoms with Crippen molar-refractivity contribution in [3.05, 3.63) is 27.4 Å². The summed E-state index contributed by atoms with van der Waals surface area (Å²) in [4.78, 5) is 14.2. The third kappa shape index (κ3) is 6.38. The van der Waals surface area contributed by atoms with Gasteiger partial charge in [-0.3, -0.25) is 10.1 Å². The molecule has 19 heavy (non-hydrogen) atoms. The average molecular weight is 286 g/mol. The fourth-order valence-electron chi connectivity index (χ4n) is 1.80. The molecule has 0 amide bonds. The lowest BCUT2D eigenvalue weighted by molar-refractivity contribution is -0.384. The number of nitro groups is 1. The summed E-state index contributed by atoms with van der Waals surface area (Å²) in [5.41, 5.74) is -0.0366. The molecule has 1 rings (SSSR count). The highest BCUT2D eigenvalue weighted by Crippen LogP contribution is 2.20. The number of rotatable bonds is 9. The Morgan fingerprint density at radius 1 is 1.26 bits per heavy atom. The molecule has 1 heterocycles. The van der Waals surface area contributed by atoms with Crippen LogP contribution in [0.2, 0.25) is 5.15 Å². The number of halogens is 1. The molecule has 0 radical (unpaired) electrons. The molecule has 0 saturated carbocycles. The Kier molecular flexibility index (Phi) is 7.18. The minimum Gasteiger partial charge on any atom is -0.370 e. The Morgan fingerprint density at radius 3 is 2.63 bits per heavy atom. The van der Waals surface area contributed by atoms with Crippen molar-refractivity contribution in [2.45, 2.75) is 45.4 Å². The van der Waals surface area contributed by atoms with Crippen LogP contribution in [0.5, 0.6) is 0 Å². The van der Waals surface area contributed by atoms with E-state index in [1.54, 1.807) is 0 Å². The Hall–Kier alpha value is -1.36. The third-order valence-electron chi connectivity index (χ3n) is 2.83. The second-order valence-corrected chi connectivity index (χ2v) is 4.87. The number of pyridine rings is 1. The van der Waals surface area contributed by atoms with E-state index in [4.69, 9.17) is 11.6 Å². The molecule has 0 spiro atoms. The number of aromatic nitrogens is 1. The van der Waals surface area contributed by atoms with Crippen molar-refractivity contribution in [1.82, 2.24) is 4.98 Å². The first-order chi connectivity index (χ1) is 9.13. The van der Waals surface area contributed by atoms with Gasteiger partial charge in [0.1, 0.15) is 11.0 Å². The highest BCUT2D eigenvalue weighted by Gasteiger charge is 2.09. The van der Waals surface area contributed by atoms with Crippen molar-refractivity contribution in [2.24, 2.45) is 0 Å². The summed E-state index contributed by atoms with van der Waals surface area (Å²) in [6.45, 7) is 2.95. The van der Waals surface area contributed by atoms with Crippen LogP contribution in [0.1, 0.15) is 45.4 Å². The van der Waals surface area contributed by atoms with Crippen molar-refractivity contribution in [1.29, 1.82) is 0 Å². The molecular formula is C13H20ClN3O2. The molecule has 0 aliphatic rings. The molecule has 5 nitrogen and oxygen atoms in total. The highest BCUT2D eigenvalue weighted by atomic mass is 35.5. The van der Waals surface area contributed by atoms with Gasteiger partial charge in [-0.25, -0.2) is 4.98 Å². The molecule has 1 aromatic heterocycles. The fourth-order valence-corrected chi connectivity index (χ4v) is 2.00. The monoisotopic (exact) mass is 285 g/mol. The lowest BCUT2D eigenvalue weighted by atomic mass is 10.1. The summed E-state index contributed by atoms with van der Waals surface area (Å²) < 4.78 is 0. The number of nitrogens with one attached hydrogen (secondary N) is 1. The molecule has 0 unspecified atom stereocenters. The standard InChI is InChI=1S/C13H20ClN3O2/c1-2-3-4-5-6-7-8-15-13-10-11(17(18)19)9-12(14)16-13/h9-10H,2-8H2,1H3,(H,15,16). The molecule has 0 fully saturated rings. The van der Waals surface area contributed by atoms with Crippen molar-refractivity contribution < 1.29 is 4.92 Å². The first-order valence-electron chi connectivity index (χ1n) is 6.69. The number of anilines is 1. The van der Waals surface area contributed by atoms with Crippen LogP contribution in [0, 0.1) is 10.1 Å². The van der Waals surface area contributed by atoms with Crippen LogP contribution >= 0.6 is 11.6 Å². The predicted molar refractivity (Wildman–Crippen MR) is 77.8 cm³/mol. The molecule has 0 aliphatic heterocycles. The first-order valence-corrected chi connectivity index (χ1v) is 7.07. The van der Waals surface area contributed by atoms with E-state index in [-0.39, 0.29) is 10.8 Å². The fraction of sp³-hybridized carbons (Fsp3) is 0.615. The minimum absolute atomic E-state index is 0.0366. The number of hydrogen-bond acceptors (Lipinski definition) is 4. The number of hydrogen-bond donors (Lipinski definition) is 1. The predicted octanol–water partition coefficient (Wildman–Crippen LogP) is 4.42. The largest absolute Gasteiger partial charge is 0.370 e. The lowest BCUT2D eigenvalue weighted by Crippen LogP contribution is -2.04. The summed E-state index contributed by atoms with van der Waals surface area (Å²) in [7, 11) is 0. The van der Waals surface area contributed by atoms with E-state index < -0.39 is 4.92 Å². The zero-order valence-corrected chi connectivity index (χ0v) is 11.9. The van der Waals surface area contributed by atoms with E-state index in [1.165, 1.54) is 37.8 Å². The van der Waals surface area contributed by atoms with Crippen LogP contribution in [-0.2, 0) is 0 Å². The quantitative estimate of drug-likeness (QED) is 0.316. The van der Waals surface area contributed by atoms with Crippen molar-refractivity contribution >= 4 is 23.1 Å². The van der Waals surface area contributed by atoms with Crippen LogP contribution < -0.4 is 5.32 Å². The van der Waals surface area contributed by atoms with Gasteiger partial charge in [0.25, 0.3) is 5.69 Å². The smallest absolute Gasteiger partial charge is 0.276 e. The molecular weight excluding hydrogens is 266 g/mol. The topological polar surface area (TPSA) is 68.1 Å². The molecule has 0 aliphatic carbocycles. The van der Waals surface area contributed by atoms with Crippen molar-refractivity contribution in [3.63, 3.8) is 0 Å². The van der Waals surface area contributed by atoms with Crippen LogP contribution in [0.4, 0.5) is 11.5 Å². The van der Waals surface area contributed by atoms with Gasteiger partial charge < -0.3 is 5.32 Å². The van der Waals surface area contributed by atoms with Crippen molar-refractivity contribution in [3.8, 4) is 0 Å². The second-order valence-electron chi connectivity index (χ2n) is 4.48. The van der Waals surface area contributed by atoms with Gasteiger partial charge in [0.15, 0.2) is 0 Å². The lowest BCUT2D eigenvalue weighted by Gasteiger charge is -2.05. The summed E-state index contributed by atoms with van der Waals surface area (Å²) in [5, 5.41) is 13.9. The molecule has 106 valence electrons. The van der Waals surface area contributed by atoms with Gasteiger partial charge in [0, 0.05) is 6.54 Å². The zero-order chi connectivity index (χ0) is 14.1. The van der Waals surface area contributed by atoms with Gasteiger partial charge in [0.05, 0.1) is 17.1 Å². The molecule has 0 bridgehead atoms. The van der Waals surface area contributed by atoms with Crippen LogP contribution in [0.15, 0.2) is 12.1 Å². The van der Waals surface area contributed by atoms with Crippen LogP contribution in [0.25, 0.3) is 0 Å². The molecule has 0 atom stereocenters. The van der Waals surface area contributed by atoms with E-state index in [1.807, 2.05) is 0 Å². The van der Waals surface area contributed by atoms with Gasteiger partial charge in [0.2, 0.25) is 0 Å². The summed E-state index contributed by atoms with van der Waals surface area (Å²) in [6, 6.07) is 2.65. The van der Waals surface area contributed by atoms with Crippen molar-refractivity contribution in [2.75, 3.05) is 11.9 Å². The summed E-state index contributed by atoms with van der Waals surface area (Å²) in [6.07, 6.45) is 7.24. The van der Waals surface area contributed by atoms with E-state index in [0.29, 0.717) is 5.82 Å². The van der Waals surface area contributed by atoms with Crippen LogP contribution in [0.3, 0.4) is 0 Å². The molecule has 1 aromatic rings. The maximum Gasteiger partial charge on any atom is 0.276 e. The SMILES string of the molecule is CCCCCCCCNc1cc([N+](=O)[O-])cc(Cl)n1. The van der Waals surface area contributed by atoms with Gasteiger partial charge in [-0.05, 0) is 6.42 Å². The van der Waals surface area contributed by atoms with Gasteiger partial charge in [-0.2, -0.15) is 0 Å². The summed E-state index contributed by atoms with van der Waals surface area (Å²) in [5.74, 6) is 0.466. The Morgan fingerprint density at radius 2 is 1.95 bits per heavy atom.